The number of nitro benzene ring substituents is 1. The van der Waals surface area contributed by atoms with Gasteiger partial charge in [-0.1, -0.05) is 12.1 Å². The molecule has 0 fully saturated rings. The molecule has 2 rings (SSSR count). The first-order valence-electron chi connectivity index (χ1n) is 6.69. The molecule has 1 aromatic heterocycles. The molecule has 0 bridgehead atoms. The van der Waals surface area contributed by atoms with Gasteiger partial charge < -0.3 is 9.52 Å². The van der Waals surface area contributed by atoms with Crippen molar-refractivity contribution in [2.45, 2.75) is 13.0 Å². The number of carbonyl (C=O) groups is 1. The molecule has 22 heavy (non-hydrogen) atoms. The van der Waals surface area contributed by atoms with E-state index in [2.05, 4.69) is 0 Å². The molecule has 7 nitrogen and oxygen atoms in total. The van der Waals surface area contributed by atoms with E-state index >= 15 is 0 Å². The van der Waals surface area contributed by atoms with E-state index in [0.717, 1.165) is 0 Å². The lowest BCUT2D eigenvalue weighted by molar-refractivity contribution is -0.384. The van der Waals surface area contributed by atoms with Crippen molar-refractivity contribution in [2.75, 3.05) is 13.6 Å². The van der Waals surface area contributed by atoms with Crippen LogP contribution in [-0.2, 0) is 11.3 Å². The Labute approximate surface area is 126 Å². The van der Waals surface area contributed by atoms with Crippen molar-refractivity contribution in [2.24, 2.45) is 0 Å². The van der Waals surface area contributed by atoms with Crippen LogP contribution < -0.4 is 0 Å². The van der Waals surface area contributed by atoms with Gasteiger partial charge in [-0.25, -0.2) is 0 Å². The molecule has 0 radical (unpaired) electrons. The predicted molar refractivity (Wildman–Crippen MR) is 79.4 cm³/mol. The first kappa shape index (κ1) is 15.7. The van der Waals surface area contributed by atoms with Crippen LogP contribution in [-0.4, -0.2) is 34.5 Å². The maximum Gasteiger partial charge on any atom is 0.304 e. The largest absolute Gasteiger partial charge is 0.481 e. The fourth-order valence-corrected chi connectivity index (χ4v) is 2.02. The molecule has 0 unspecified atom stereocenters. The van der Waals surface area contributed by atoms with Crippen molar-refractivity contribution in [3.05, 3.63) is 52.3 Å². The Balaban J connectivity index is 2.06. The van der Waals surface area contributed by atoms with Crippen LogP contribution in [0.1, 0.15) is 12.2 Å². The first-order chi connectivity index (χ1) is 10.5. The Bertz CT molecular complexity index is 680. The van der Waals surface area contributed by atoms with Gasteiger partial charge in [0.05, 0.1) is 17.9 Å². The minimum Gasteiger partial charge on any atom is -0.481 e. The third-order valence-corrected chi connectivity index (χ3v) is 3.14. The SMILES string of the molecule is CN(CCC(=O)O)Cc1ccc(-c2cccc([N+](=O)[O-])c2)o1. The molecule has 0 aliphatic rings. The van der Waals surface area contributed by atoms with Gasteiger partial charge in [-0.05, 0) is 19.2 Å². The second-order valence-electron chi connectivity index (χ2n) is 4.95. The number of hydrogen-bond donors (Lipinski definition) is 1. The van der Waals surface area contributed by atoms with Crippen molar-refractivity contribution in [1.29, 1.82) is 0 Å². The average molecular weight is 304 g/mol. The van der Waals surface area contributed by atoms with Gasteiger partial charge in [0.1, 0.15) is 11.5 Å². The molecule has 0 spiro atoms. The molecule has 0 aliphatic heterocycles. The number of carboxylic acid groups (broad SMARTS) is 1. The van der Waals surface area contributed by atoms with Gasteiger partial charge in [-0.15, -0.1) is 0 Å². The van der Waals surface area contributed by atoms with Crippen LogP contribution in [0.2, 0.25) is 0 Å². The van der Waals surface area contributed by atoms with E-state index in [9.17, 15) is 14.9 Å². The summed E-state index contributed by atoms with van der Waals surface area (Å²) in [5, 5.41) is 19.4. The van der Waals surface area contributed by atoms with Crippen LogP contribution in [0.15, 0.2) is 40.8 Å². The Kier molecular flexibility index (Phi) is 4.90. The number of carboxylic acids is 1. The summed E-state index contributed by atoms with van der Waals surface area (Å²) in [7, 11) is 1.80. The van der Waals surface area contributed by atoms with Crippen molar-refractivity contribution < 1.29 is 19.2 Å². The van der Waals surface area contributed by atoms with Crippen molar-refractivity contribution >= 4 is 11.7 Å². The zero-order valence-electron chi connectivity index (χ0n) is 12.1. The topological polar surface area (TPSA) is 96.8 Å². The molecular weight excluding hydrogens is 288 g/mol. The zero-order chi connectivity index (χ0) is 16.1. The van der Waals surface area contributed by atoms with Crippen molar-refractivity contribution in [3.8, 4) is 11.3 Å². The van der Waals surface area contributed by atoms with Crippen LogP contribution in [0.4, 0.5) is 5.69 Å². The Hall–Kier alpha value is -2.67. The van der Waals surface area contributed by atoms with E-state index < -0.39 is 10.9 Å². The lowest BCUT2D eigenvalue weighted by atomic mass is 10.1. The maximum atomic E-state index is 10.8. The average Bonchev–Trinajstić information content (AvgIpc) is 2.93. The van der Waals surface area contributed by atoms with E-state index in [1.165, 1.54) is 12.1 Å². The molecule has 0 atom stereocenters. The van der Waals surface area contributed by atoms with Gasteiger partial charge in [-0.2, -0.15) is 0 Å². The molecule has 1 N–H and O–H groups in total. The standard InChI is InChI=1S/C15H16N2O5/c1-16(8-7-15(18)19)10-13-5-6-14(22-13)11-3-2-4-12(9-11)17(20)21/h2-6,9H,7-8,10H2,1H3,(H,18,19). The lowest BCUT2D eigenvalue weighted by Crippen LogP contribution is -2.20. The second kappa shape index (κ2) is 6.86. The summed E-state index contributed by atoms with van der Waals surface area (Å²) in [6, 6.07) is 9.76. The molecule has 0 saturated heterocycles. The van der Waals surface area contributed by atoms with Crippen LogP contribution in [0.5, 0.6) is 0 Å². The molecule has 1 aromatic carbocycles. The highest BCUT2D eigenvalue weighted by atomic mass is 16.6. The molecule has 0 amide bonds. The van der Waals surface area contributed by atoms with Gasteiger partial charge in [-0.3, -0.25) is 19.8 Å². The van der Waals surface area contributed by atoms with Crippen LogP contribution in [0.25, 0.3) is 11.3 Å². The predicted octanol–water partition coefficient (Wildman–Crippen LogP) is 2.76. The van der Waals surface area contributed by atoms with Crippen LogP contribution >= 0.6 is 0 Å². The van der Waals surface area contributed by atoms with Gasteiger partial charge in [0.2, 0.25) is 0 Å². The summed E-state index contributed by atoms with van der Waals surface area (Å²) in [5.74, 6) is 0.378. The normalized spacial score (nSPS) is 10.8. The Morgan fingerprint density at radius 2 is 2.14 bits per heavy atom. The summed E-state index contributed by atoms with van der Waals surface area (Å²) >= 11 is 0. The molecule has 116 valence electrons. The van der Waals surface area contributed by atoms with Gasteiger partial charge in [0, 0.05) is 24.2 Å². The molecule has 7 heteroatoms. The van der Waals surface area contributed by atoms with Crippen molar-refractivity contribution in [3.63, 3.8) is 0 Å². The molecule has 0 saturated carbocycles. The third-order valence-electron chi connectivity index (χ3n) is 3.14. The number of rotatable bonds is 7. The zero-order valence-corrected chi connectivity index (χ0v) is 12.1. The summed E-state index contributed by atoms with van der Waals surface area (Å²) < 4.78 is 5.67. The Morgan fingerprint density at radius 3 is 2.82 bits per heavy atom. The van der Waals surface area contributed by atoms with Crippen molar-refractivity contribution in [1.82, 2.24) is 4.90 Å². The van der Waals surface area contributed by atoms with Crippen LogP contribution in [0.3, 0.4) is 0 Å². The molecule has 1 heterocycles. The lowest BCUT2D eigenvalue weighted by Gasteiger charge is -2.13. The van der Waals surface area contributed by atoms with Gasteiger partial charge in [0.25, 0.3) is 5.69 Å². The number of hydrogen-bond acceptors (Lipinski definition) is 5. The number of benzene rings is 1. The highest BCUT2D eigenvalue weighted by molar-refractivity contribution is 5.66. The summed E-state index contributed by atoms with van der Waals surface area (Å²) in [4.78, 5) is 22.7. The smallest absolute Gasteiger partial charge is 0.304 e. The maximum absolute atomic E-state index is 10.8. The molecule has 0 aliphatic carbocycles. The van der Waals surface area contributed by atoms with Crippen LogP contribution in [0, 0.1) is 10.1 Å². The fourth-order valence-electron chi connectivity index (χ4n) is 2.02. The summed E-state index contributed by atoms with van der Waals surface area (Å²) in [6.45, 7) is 0.893. The fraction of sp³-hybridized carbons (Fsp3) is 0.267. The first-order valence-corrected chi connectivity index (χ1v) is 6.69. The summed E-state index contributed by atoms with van der Waals surface area (Å²) in [5.41, 5.74) is 0.641. The van der Waals surface area contributed by atoms with E-state index in [0.29, 0.717) is 30.2 Å². The number of nitrogens with zero attached hydrogens (tertiary/aromatic N) is 2. The quantitative estimate of drug-likeness (QED) is 0.624. The molecule has 2 aromatic rings. The minimum atomic E-state index is -0.844. The molecular formula is C15H16N2O5. The number of non-ortho nitro benzene ring substituents is 1. The summed E-state index contributed by atoms with van der Waals surface area (Å²) in [6.07, 6.45) is 0.0644. The minimum absolute atomic E-state index is 0.00836. The highest BCUT2D eigenvalue weighted by Gasteiger charge is 2.11. The van der Waals surface area contributed by atoms with E-state index in [1.54, 1.807) is 31.3 Å². The third kappa shape index (κ3) is 4.16. The number of aliphatic carboxylic acids is 1. The van der Waals surface area contributed by atoms with E-state index in [4.69, 9.17) is 9.52 Å². The van der Waals surface area contributed by atoms with Gasteiger partial charge in [0.15, 0.2) is 0 Å². The monoisotopic (exact) mass is 304 g/mol. The Morgan fingerprint density at radius 1 is 1.36 bits per heavy atom. The highest BCUT2D eigenvalue weighted by Crippen LogP contribution is 2.26. The van der Waals surface area contributed by atoms with E-state index in [-0.39, 0.29) is 12.1 Å². The van der Waals surface area contributed by atoms with E-state index in [1.807, 2.05) is 4.90 Å². The second-order valence-corrected chi connectivity index (χ2v) is 4.95. The van der Waals surface area contributed by atoms with Gasteiger partial charge >= 0.3 is 5.97 Å². The number of furan rings is 1. The number of nitro groups is 1.